The summed E-state index contributed by atoms with van der Waals surface area (Å²) in [5.74, 6) is 0.260. The molecule has 0 spiro atoms. The van der Waals surface area contributed by atoms with Gasteiger partial charge in [-0.2, -0.15) is 0 Å². The van der Waals surface area contributed by atoms with Gasteiger partial charge in [-0.3, -0.25) is 14.5 Å². The molecule has 0 bridgehead atoms. The van der Waals surface area contributed by atoms with Crippen LogP contribution in [0.4, 0.5) is 0 Å². The number of carbonyl (C=O) groups is 2. The van der Waals surface area contributed by atoms with Crippen molar-refractivity contribution in [2.45, 2.75) is 25.8 Å². The third-order valence-corrected chi connectivity index (χ3v) is 3.05. The Labute approximate surface area is 83.2 Å². The highest BCUT2D eigenvalue weighted by Gasteiger charge is 2.36. The minimum atomic E-state index is -0.119. The van der Waals surface area contributed by atoms with Gasteiger partial charge in [0.15, 0.2) is 0 Å². The summed E-state index contributed by atoms with van der Waals surface area (Å²) in [7, 11) is 0. The molecule has 0 aromatic carbocycles. The molecule has 78 valence electrons. The number of carbonyl (C=O) groups excluding carboxylic acids is 2. The van der Waals surface area contributed by atoms with Crippen LogP contribution in [0.15, 0.2) is 0 Å². The number of cyclic esters (lactones) is 1. The average Bonchev–Trinajstić information content (AvgIpc) is 2.57. The Morgan fingerprint density at radius 3 is 2.79 bits per heavy atom. The summed E-state index contributed by atoms with van der Waals surface area (Å²) >= 11 is 0. The van der Waals surface area contributed by atoms with Gasteiger partial charge in [-0.15, -0.1) is 0 Å². The van der Waals surface area contributed by atoms with E-state index in [2.05, 4.69) is 4.90 Å². The molecule has 14 heavy (non-hydrogen) atoms. The first-order valence-corrected chi connectivity index (χ1v) is 5.12. The molecule has 0 aromatic heterocycles. The highest BCUT2D eigenvalue weighted by molar-refractivity contribution is 5.82. The van der Waals surface area contributed by atoms with Crippen LogP contribution in [0.3, 0.4) is 0 Å². The van der Waals surface area contributed by atoms with E-state index in [1.54, 1.807) is 0 Å². The van der Waals surface area contributed by atoms with Crippen molar-refractivity contribution in [3.05, 3.63) is 0 Å². The van der Waals surface area contributed by atoms with E-state index in [1.165, 1.54) is 0 Å². The Morgan fingerprint density at radius 1 is 1.43 bits per heavy atom. The molecule has 2 fully saturated rings. The van der Waals surface area contributed by atoms with Crippen molar-refractivity contribution in [3.63, 3.8) is 0 Å². The molecular weight excluding hydrogens is 182 g/mol. The first-order valence-electron chi connectivity index (χ1n) is 5.12. The molecule has 4 nitrogen and oxygen atoms in total. The highest BCUT2D eigenvalue weighted by atomic mass is 16.5. The second-order valence-electron chi connectivity index (χ2n) is 4.08. The van der Waals surface area contributed by atoms with E-state index in [0.29, 0.717) is 31.9 Å². The predicted molar refractivity (Wildman–Crippen MR) is 49.7 cm³/mol. The number of rotatable bonds is 1. The standard InChI is InChI=1S/C10H15NO3/c1-7-6-11(4-2-9(7)12)8-3-5-14-10(8)13/h7-8H,2-6H2,1H3. The number of nitrogens with zero attached hydrogens (tertiary/aromatic N) is 1. The summed E-state index contributed by atoms with van der Waals surface area (Å²) in [5, 5.41) is 0. The maximum Gasteiger partial charge on any atom is 0.323 e. The van der Waals surface area contributed by atoms with Crippen LogP contribution in [0.2, 0.25) is 0 Å². The molecule has 2 saturated heterocycles. The van der Waals surface area contributed by atoms with Crippen molar-refractivity contribution in [1.82, 2.24) is 4.90 Å². The average molecular weight is 197 g/mol. The lowest BCUT2D eigenvalue weighted by Gasteiger charge is -2.32. The summed E-state index contributed by atoms with van der Waals surface area (Å²) in [6, 6.07) is -0.0921. The molecule has 2 heterocycles. The Bertz CT molecular complexity index is 264. The number of piperidine rings is 1. The fourth-order valence-corrected chi connectivity index (χ4v) is 2.14. The second kappa shape index (κ2) is 3.69. The van der Waals surface area contributed by atoms with E-state index in [0.717, 1.165) is 6.42 Å². The van der Waals surface area contributed by atoms with Crippen LogP contribution < -0.4 is 0 Å². The van der Waals surface area contributed by atoms with Crippen molar-refractivity contribution in [2.24, 2.45) is 5.92 Å². The van der Waals surface area contributed by atoms with Crippen molar-refractivity contribution >= 4 is 11.8 Å². The van der Waals surface area contributed by atoms with Gasteiger partial charge in [0.1, 0.15) is 11.8 Å². The Hall–Kier alpha value is -0.900. The monoisotopic (exact) mass is 197 g/mol. The quantitative estimate of drug-likeness (QED) is 0.564. The van der Waals surface area contributed by atoms with E-state index in [1.807, 2.05) is 6.92 Å². The summed E-state index contributed by atoms with van der Waals surface area (Å²) in [6.07, 6.45) is 1.35. The van der Waals surface area contributed by atoms with E-state index in [9.17, 15) is 9.59 Å². The van der Waals surface area contributed by atoms with Crippen LogP contribution >= 0.6 is 0 Å². The fourth-order valence-electron chi connectivity index (χ4n) is 2.14. The van der Waals surface area contributed by atoms with Gasteiger partial charge in [-0.1, -0.05) is 6.92 Å². The molecule has 2 aliphatic heterocycles. The van der Waals surface area contributed by atoms with Gasteiger partial charge in [0.25, 0.3) is 0 Å². The zero-order valence-corrected chi connectivity index (χ0v) is 8.36. The Kier molecular flexibility index (Phi) is 2.54. The van der Waals surface area contributed by atoms with E-state index < -0.39 is 0 Å². The van der Waals surface area contributed by atoms with Crippen LogP contribution in [0.1, 0.15) is 19.8 Å². The molecule has 4 heteroatoms. The van der Waals surface area contributed by atoms with Crippen LogP contribution in [0.25, 0.3) is 0 Å². The first kappa shape index (κ1) is 9.65. The summed E-state index contributed by atoms with van der Waals surface area (Å²) in [6.45, 7) is 3.87. The number of esters is 1. The van der Waals surface area contributed by atoms with Crippen molar-refractivity contribution in [1.29, 1.82) is 0 Å². The van der Waals surface area contributed by atoms with Crippen LogP contribution in [0, 0.1) is 5.92 Å². The molecule has 2 atom stereocenters. The Morgan fingerprint density at radius 2 is 2.21 bits per heavy atom. The lowest BCUT2D eigenvalue weighted by atomic mass is 9.97. The number of ether oxygens (including phenoxy) is 1. The number of hydrogen-bond donors (Lipinski definition) is 0. The normalized spacial score (nSPS) is 34.6. The zero-order chi connectivity index (χ0) is 10.1. The van der Waals surface area contributed by atoms with Gasteiger partial charge < -0.3 is 4.74 Å². The largest absolute Gasteiger partial charge is 0.464 e. The maximum absolute atomic E-state index is 11.3. The molecule has 0 aliphatic carbocycles. The number of Topliss-reactive ketones (excluding diaryl/α,β-unsaturated/α-hetero) is 1. The molecule has 0 radical (unpaired) electrons. The Balaban J connectivity index is 1.99. The minimum Gasteiger partial charge on any atom is -0.464 e. The van der Waals surface area contributed by atoms with Gasteiger partial charge in [0.05, 0.1) is 6.61 Å². The zero-order valence-electron chi connectivity index (χ0n) is 8.36. The smallest absolute Gasteiger partial charge is 0.323 e. The number of likely N-dealkylation sites (tertiary alicyclic amines) is 1. The SMILES string of the molecule is CC1CN(C2CCOC2=O)CCC1=O. The van der Waals surface area contributed by atoms with Gasteiger partial charge in [0.2, 0.25) is 0 Å². The predicted octanol–water partition coefficient (Wildman–Crippen LogP) is 0.213. The highest BCUT2D eigenvalue weighted by Crippen LogP contribution is 2.20. The molecule has 0 amide bonds. The minimum absolute atomic E-state index is 0.0668. The molecule has 0 N–H and O–H groups in total. The lowest BCUT2D eigenvalue weighted by molar-refractivity contribution is -0.144. The van der Waals surface area contributed by atoms with Crippen molar-refractivity contribution < 1.29 is 14.3 Å². The van der Waals surface area contributed by atoms with Crippen molar-refractivity contribution in [2.75, 3.05) is 19.7 Å². The number of ketones is 1. The summed E-state index contributed by atoms with van der Waals surface area (Å²) in [4.78, 5) is 24.7. The first-order chi connectivity index (χ1) is 6.68. The van der Waals surface area contributed by atoms with Gasteiger partial charge >= 0.3 is 5.97 Å². The fraction of sp³-hybridized carbons (Fsp3) is 0.800. The molecule has 2 unspecified atom stereocenters. The third-order valence-electron chi connectivity index (χ3n) is 3.05. The molecule has 0 saturated carbocycles. The topological polar surface area (TPSA) is 46.6 Å². The van der Waals surface area contributed by atoms with Crippen LogP contribution in [-0.4, -0.2) is 42.4 Å². The van der Waals surface area contributed by atoms with Gasteiger partial charge in [-0.05, 0) is 0 Å². The van der Waals surface area contributed by atoms with Gasteiger partial charge in [0, 0.05) is 31.8 Å². The molecule has 0 aromatic rings. The summed E-state index contributed by atoms with van der Waals surface area (Å²) < 4.78 is 4.92. The lowest BCUT2D eigenvalue weighted by Crippen LogP contribution is -2.47. The molecule has 2 rings (SSSR count). The van der Waals surface area contributed by atoms with Crippen LogP contribution in [0.5, 0.6) is 0 Å². The third kappa shape index (κ3) is 1.66. The van der Waals surface area contributed by atoms with E-state index in [-0.39, 0.29) is 17.9 Å². The molecular formula is C10H15NO3. The maximum atomic E-state index is 11.3. The van der Waals surface area contributed by atoms with E-state index in [4.69, 9.17) is 4.74 Å². The van der Waals surface area contributed by atoms with E-state index >= 15 is 0 Å². The van der Waals surface area contributed by atoms with Crippen LogP contribution in [-0.2, 0) is 14.3 Å². The van der Waals surface area contributed by atoms with Gasteiger partial charge in [-0.25, -0.2) is 0 Å². The summed E-state index contributed by atoms with van der Waals surface area (Å²) in [5.41, 5.74) is 0. The molecule has 2 aliphatic rings. The number of hydrogen-bond acceptors (Lipinski definition) is 4. The second-order valence-corrected chi connectivity index (χ2v) is 4.08. The van der Waals surface area contributed by atoms with Crippen molar-refractivity contribution in [3.8, 4) is 0 Å².